The average Bonchev–Trinajstić information content (AvgIpc) is 2.84. The summed E-state index contributed by atoms with van der Waals surface area (Å²) < 4.78 is 20.2. The molecule has 11 heteroatoms. The number of methoxy groups -OCH3 is 4. The van der Waals surface area contributed by atoms with Crippen LogP contribution in [0, 0.1) is 6.92 Å². The zero-order chi connectivity index (χ0) is 26.0. The molecule has 0 heterocycles. The van der Waals surface area contributed by atoms with Gasteiger partial charge in [0.2, 0.25) is 28.6 Å². The first-order chi connectivity index (χ1) is 16.5. The van der Waals surface area contributed by atoms with Gasteiger partial charge in [-0.25, -0.2) is 4.79 Å². The summed E-state index contributed by atoms with van der Waals surface area (Å²) in [6, 6.07) is 2.54. The second-order valence-electron chi connectivity index (χ2n) is 8.14. The summed E-state index contributed by atoms with van der Waals surface area (Å²) in [4.78, 5) is 52.9. The maximum absolute atomic E-state index is 13.8. The number of aryl methyl sites for hydroxylation is 1. The number of esters is 1. The van der Waals surface area contributed by atoms with Crippen LogP contribution in [0.15, 0.2) is 24.0 Å². The lowest BCUT2D eigenvalue weighted by molar-refractivity contribution is -0.180. The van der Waals surface area contributed by atoms with Gasteiger partial charge in [0.25, 0.3) is 0 Å². The van der Waals surface area contributed by atoms with E-state index in [2.05, 4.69) is 0 Å². The van der Waals surface area contributed by atoms with Gasteiger partial charge in [-0.1, -0.05) is 0 Å². The van der Waals surface area contributed by atoms with Crippen LogP contribution in [-0.2, 0) is 19.0 Å². The Morgan fingerprint density at radius 1 is 1.03 bits per heavy atom. The van der Waals surface area contributed by atoms with Crippen molar-refractivity contribution in [1.82, 2.24) is 0 Å². The first kappa shape index (κ1) is 24.3. The standard InChI is InChI=1S/C24H22O11/c1-9-15-10(7-12(32-2)16(9)22(30)34-4)6-11-17(18(15)26)21(29)24(35-5)14(25)8-13(33-3)20(28)23(24,31)19(11)27/h6-8,20,26,28,31H,1-5H3/t20-,23-,24-/m1/s1. The van der Waals surface area contributed by atoms with Gasteiger partial charge in [-0.05, 0) is 30.0 Å². The number of carbonyl (C=O) groups is 4. The number of aromatic hydroxyl groups is 1. The highest BCUT2D eigenvalue weighted by Gasteiger charge is 2.74. The number of hydrogen-bond donors (Lipinski definition) is 3. The van der Waals surface area contributed by atoms with E-state index >= 15 is 0 Å². The molecule has 184 valence electrons. The molecule has 0 amide bonds. The van der Waals surface area contributed by atoms with Gasteiger partial charge in [0.05, 0.1) is 26.9 Å². The second-order valence-corrected chi connectivity index (χ2v) is 8.14. The number of ether oxygens (including phenoxy) is 4. The van der Waals surface area contributed by atoms with Crippen molar-refractivity contribution in [2.75, 3.05) is 28.4 Å². The molecular weight excluding hydrogens is 464 g/mol. The topological polar surface area (TPSA) is 166 Å². The highest BCUT2D eigenvalue weighted by Crippen LogP contribution is 2.50. The van der Waals surface area contributed by atoms with Gasteiger partial charge in [0, 0.05) is 24.1 Å². The fourth-order valence-corrected chi connectivity index (χ4v) is 5.01. The predicted molar refractivity (Wildman–Crippen MR) is 118 cm³/mol. The number of Topliss-reactive ketones (excluding diaryl/α,β-unsaturated/α-hetero) is 2. The minimum atomic E-state index is -3.09. The Morgan fingerprint density at radius 2 is 1.69 bits per heavy atom. The van der Waals surface area contributed by atoms with E-state index in [9.17, 15) is 34.5 Å². The number of hydrogen-bond acceptors (Lipinski definition) is 11. The zero-order valence-corrected chi connectivity index (χ0v) is 19.4. The predicted octanol–water partition coefficient (Wildman–Crippen LogP) is 0.618. The highest BCUT2D eigenvalue weighted by atomic mass is 16.5. The summed E-state index contributed by atoms with van der Waals surface area (Å²) in [5.74, 6) is -5.52. The monoisotopic (exact) mass is 486 g/mol. The summed E-state index contributed by atoms with van der Waals surface area (Å²) in [5.41, 5.74) is -6.90. The minimum absolute atomic E-state index is 0.0136. The number of aliphatic hydroxyl groups excluding tert-OH is 1. The lowest BCUT2D eigenvalue weighted by atomic mass is 9.60. The third-order valence-electron chi connectivity index (χ3n) is 6.73. The molecule has 0 aromatic heterocycles. The van der Waals surface area contributed by atoms with Crippen LogP contribution in [0.3, 0.4) is 0 Å². The lowest BCUT2D eigenvalue weighted by Gasteiger charge is -2.49. The van der Waals surface area contributed by atoms with Crippen molar-refractivity contribution in [2.45, 2.75) is 24.2 Å². The van der Waals surface area contributed by atoms with Gasteiger partial charge >= 0.3 is 5.97 Å². The summed E-state index contributed by atoms with van der Waals surface area (Å²) in [6.45, 7) is 1.48. The Morgan fingerprint density at radius 3 is 2.23 bits per heavy atom. The number of rotatable bonds is 4. The van der Waals surface area contributed by atoms with Crippen LogP contribution >= 0.6 is 0 Å². The van der Waals surface area contributed by atoms with Gasteiger partial charge in [0.15, 0.2) is 6.10 Å². The molecule has 0 fully saturated rings. The molecule has 3 N–H and O–H groups in total. The number of aliphatic hydroxyl groups is 2. The minimum Gasteiger partial charge on any atom is -0.507 e. The van der Waals surface area contributed by atoms with Crippen molar-refractivity contribution in [3.8, 4) is 11.5 Å². The van der Waals surface area contributed by atoms with E-state index < -0.39 is 63.3 Å². The van der Waals surface area contributed by atoms with Gasteiger partial charge in [-0.15, -0.1) is 0 Å². The van der Waals surface area contributed by atoms with Crippen LogP contribution in [-0.4, -0.2) is 84.4 Å². The van der Waals surface area contributed by atoms with Gasteiger partial charge in [-0.3, -0.25) is 14.4 Å². The summed E-state index contributed by atoms with van der Waals surface area (Å²) in [7, 11) is 4.49. The normalized spacial score (nSPS) is 25.6. The van der Waals surface area contributed by atoms with Crippen LogP contribution in [0.25, 0.3) is 10.8 Å². The number of phenolic OH excluding ortho intramolecular Hbond substituents is 1. The molecule has 2 aliphatic carbocycles. The summed E-state index contributed by atoms with van der Waals surface area (Å²) >= 11 is 0. The molecule has 0 saturated heterocycles. The van der Waals surface area contributed by atoms with E-state index in [1.807, 2.05) is 0 Å². The van der Waals surface area contributed by atoms with E-state index in [0.717, 1.165) is 27.4 Å². The number of fused-ring (bicyclic) bond motifs is 3. The maximum atomic E-state index is 13.8. The first-order valence-corrected chi connectivity index (χ1v) is 10.3. The second kappa shape index (κ2) is 7.87. The van der Waals surface area contributed by atoms with Crippen LogP contribution in [0.1, 0.15) is 36.6 Å². The molecule has 4 rings (SSSR count). The Kier molecular flexibility index (Phi) is 5.47. The number of benzene rings is 2. The molecule has 2 aromatic carbocycles. The Balaban J connectivity index is 2.15. The largest absolute Gasteiger partial charge is 0.507 e. The molecule has 0 unspecified atom stereocenters. The van der Waals surface area contributed by atoms with Crippen molar-refractivity contribution in [3.05, 3.63) is 46.2 Å². The fourth-order valence-electron chi connectivity index (χ4n) is 5.01. The van der Waals surface area contributed by atoms with Crippen LogP contribution in [0.4, 0.5) is 0 Å². The Bertz CT molecular complexity index is 1370. The van der Waals surface area contributed by atoms with E-state index in [1.54, 1.807) is 0 Å². The summed E-state index contributed by atoms with van der Waals surface area (Å²) in [5, 5.41) is 33.7. The number of ketones is 3. The average molecular weight is 486 g/mol. The Labute approximate surface area is 198 Å². The van der Waals surface area contributed by atoms with Crippen LogP contribution in [0.2, 0.25) is 0 Å². The van der Waals surface area contributed by atoms with Crippen LogP contribution in [0.5, 0.6) is 11.5 Å². The van der Waals surface area contributed by atoms with Gasteiger partial charge in [-0.2, -0.15) is 0 Å². The van der Waals surface area contributed by atoms with Gasteiger partial charge in [0.1, 0.15) is 22.8 Å². The smallest absolute Gasteiger partial charge is 0.341 e. The van der Waals surface area contributed by atoms with E-state index in [0.29, 0.717) is 0 Å². The van der Waals surface area contributed by atoms with E-state index in [1.165, 1.54) is 26.2 Å². The molecule has 0 saturated carbocycles. The van der Waals surface area contributed by atoms with Crippen molar-refractivity contribution in [1.29, 1.82) is 0 Å². The van der Waals surface area contributed by atoms with Crippen molar-refractivity contribution >= 4 is 34.1 Å². The lowest BCUT2D eigenvalue weighted by Crippen LogP contribution is -2.77. The molecule has 2 aromatic rings. The van der Waals surface area contributed by atoms with Crippen molar-refractivity contribution in [2.24, 2.45) is 0 Å². The molecule has 0 aliphatic heterocycles. The first-order valence-electron chi connectivity index (χ1n) is 10.3. The SMILES string of the molecule is COC(=O)c1c(OC)cc2cc3c(c(O)c2c1C)C(=O)[C@]1(OC)C(=O)C=C(OC)[C@@H](O)[C@]1(O)C3=O. The molecule has 35 heavy (non-hydrogen) atoms. The maximum Gasteiger partial charge on any atom is 0.341 e. The fraction of sp³-hybridized carbons (Fsp3) is 0.333. The van der Waals surface area contributed by atoms with Crippen LogP contribution < -0.4 is 4.74 Å². The quantitative estimate of drug-likeness (QED) is 0.409. The van der Waals surface area contributed by atoms with Crippen molar-refractivity contribution < 1.29 is 53.4 Å². The third kappa shape index (κ3) is 2.71. The molecular formula is C24H22O11. The van der Waals surface area contributed by atoms with Gasteiger partial charge < -0.3 is 34.3 Å². The third-order valence-corrected chi connectivity index (χ3v) is 6.73. The molecule has 0 bridgehead atoms. The zero-order valence-electron chi connectivity index (χ0n) is 19.4. The molecule has 0 radical (unpaired) electrons. The molecule has 11 nitrogen and oxygen atoms in total. The Hall–Kier alpha value is -3.80. The summed E-state index contributed by atoms with van der Waals surface area (Å²) in [6.07, 6.45) is -1.38. The number of carbonyl (C=O) groups excluding carboxylic acids is 4. The molecule has 0 spiro atoms. The van der Waals surface area contributed by atoms with Crippen molar-refractivity contribution in [3.63, 3.8) is 0 Å². The van der Waals surface area contributed by atoms with E-state index in [4.69, 9.17) is 18.9 Å². The molecule has 2 aliphatic rings. The van der Waals surface area contributed by atoms with E-state index in [-0.39, 0.29) is 27.6 Å². The number of phenols is 1. The highest BCUT2D eigenvalue weighted by molar-refractivity contribution is 6.35. The molecule has 3 atom stereocenters.